The molecule has 1 aromatic rings. The van der Waals surface area contributed by atoms with Gasteiger partial charge in [-0.15, -0.1) is 4.37 Å². The van der Waals surface area contributed by atoms with Crippen molar-refractivity contribution < 1.29 is 16.0 Å². The van der Waals surface area contributed by atoms with Gasteiger partial charge in [0.15, 0.2) is 0 Å². The Morgan fingerprint density at radius 3 is 2.81 bits per heavy atom. The molecule has 2 N–H and O–H groups in total. The number of hydrogen-bond acceptors (Lipinski definition) is 8. The molecular formula is C13H25N4O3S+. The molecule has 0 radical (unpaired) electrons. The minimum Gasteiger partial charge on any atom is -0.472 e. The first-order valence-corrected chi connectivity index (χ1v) is 7.90. The predicted octanol–water partition coefficient (Wildman–Crippen LogP) is 0.615. The molecule has 0 aliphatic carbocycles. The molecule has 21 heavy (non-hydrogen) atoms. The summed E-state index contributed by atoms with van der Waals surface area (Å²) in [6.45, 7) is 9.81. The minimum absolute atomic E-state index is 0. The largest absolute Gasteiger partial charge is 1.00 e. The highest BCUT2D eigenvalue weighted by Gasteiger charge is 2.21. The van der Waals surface area contributed by atoms with Gasteiger partial charge in [0.25, 0.3) is 5.88 Å². The van der Waals surface area contributed by atoms with Crippen molar-refractivity contribution >= 4 is 17.5 Å². The van der Waals surface area contributed by atoms with E-state index in [4.69, 9.17) is 9.47 Å². The molecule has 1 aliphatic heterocycles. The molecular weight excluding hydrogens is 292 g/mol. The Kier molecular flexibility index (Phi) is 5.74. The van der Waals surface area contributed by atoms with E-state index in [0.29, 0.717) is 25.6 Å². The fraction of sp³-hybridized carbons (Fsp3) is 0.846. The lowest BCUT2D eigenvalue weighted by Crippen LogP contribution is -2.42. The number of hydrogen-bond donors (Lipinski definition) is 2. The van der Waals surface area contributed by atoms with Gasteiger partial charge >= 0.3 is 1.43 Å². The first kappa shape index (κ1) is 16.4. The monoisotopic (exact) mass is 317 g/mol. The summed E-state index contributed by atoms with van der Waals surface area (Å²) in [6, 6.07) is 0. The Balaban J connectivity index is 0.00000242. The van der Waals surface area contributed by atoms with E-state index in [1.54, 1.807) is 0 Å². The van der Waals surface area contributed by atoms with E-state index in [2.05, 4.69) is 39.7 Å². The maximum absolute atomic E-state index is 9.95. The van der Waals surface area contributed by atoms with Crippen molar-refractivity contribution in [3.63, 3.8) is 0 Å². The summed E-state index contributed by atoms with van der Waals surface area (Å²) in [4.78, 5) is 2.10. The highest BCUT2D eigenvalue weighted by atomic mass is 32.1. The minimum atomic E-state index is -0.580. The third kappa shape index (κ3) is 5.39. The molecule has 0 unspecified atom stereocenters. The SMILES string of the molecule is CC(C)(C)NC[C@H](O)COc1nsnc1N1CCOCC1.[H+]. The van der Waals surface area contributed by atoms with Crippen LogP contribution in [0, 0.1) is 0 Å². The van der Waals surface area contributed by atoms with Gasteiger partial charge in [0.05, 0.1) is 24.9 Å². The molecule has 1 fully saturated rings. The molecule has 0 amide bonds. The second kappa shape index (κ2) is 7.35. The second-order valence-electron chi connectivity index (χ2n) is 6.09. The van der Waals surface area contributed by atoms with Gasteiger partial charge in [0, 0.05) is 25.2 Å². The van der Waals surface area contributed by atoms with Gasteiger partial charge in [-0.25, -0.2) is 0 Å². The standard InChI is InChI=1S/C13H24N4O3S/c1-13(2,3)14-8-10(18)9-20-12-11(15-21-16-12)17-4-6-19-7-5-17/h10,14,18H,4-9H2,1-3H3/p+1/t10-/m0/s1. The number of aliphatic hydroxyl groups excluding tert-OH is 1. The van der Waals surface area contributed by atoms with Crippen molar-refractivity contribution in [3.8, 4) is 5.88 Å². The smallest absolute Gasteiger partial charge is 0.472 e. The van der Waals surface area contributed by atoms with E-state index in [0.717, 1.165) is 30.6 Å². The zero-order chi connectivity index (χ0) is 15.3. The van der Waals surface area contributed by atoms with Crippen LogP contribution >= 0.6 is 11.7 Å². The first-order valence-electron chi connectivity index (χ1n) is 7.17. The Bertz CT molecular complexity index is 435. The zero-order valence-corrected chi connectivity index (χ0v) is 13.7. The van der Waals surface area contributed by atoms with Crippen LogP contribution in [0.15, 0.2) is 0 Å². The molecule has 1 saturated heterocycles. The zero-order valence-electron chi connectivity index (χ0n) is 13.8. The number of nitrogens with one attached hydrogen (secondary N) is 1. The summed E-state index contributed by atoms with van der Waals surface area (Å²) in [5.74, 6) is 1.25. The summed E-state index contributed by atoms with van der Waals surface area (Å²) in [7, 11) is 0. The molecule has 0 aromatic carbocycles. The number of aromatic nitrogens is 2. The van der Waals surface area contributed by atoms with E-state index >= 15 is 0 Å². The van der Waals surface area contributed by atoms with Gasteiger partial charge in [0.1, 0.15) is 12.7 Å². The molecule has 7 nitrogen and oxygen atoms in total. The second-order valence-corrected chi connectivity index (χ2v) is 6.62. The van der Waals surface area contributed by atoms with Crippen molar-refractivity contribution in [2.45, 2.75) is 32.4 Å². The molecule has 1 atom stereocenters. The quantitative estimate of drug-likeness (QED) is 0.796. The lowest BCUT2D eigenvalue weighted by Gasteiger charge is -2.27. The highest BCUT2D eigenvalue weighted by molar-refractivity contribution is 6.99. The predicted molar refractivity (Wildman–Crippen MR) is 83.3 cm³/mol. The van der Waals surface area contributed by atoms with Crippen molar-refractivity contribution in [2.24, 2.45) is 0 Å². The van der Waals surface area contributed by atoms with Crippen molar-refractivity contribution in [1.82, 2.24) is 14.1 Å². The number of ether oxygens (including phenoxy) is 2. The molecule has 0 bridgehead atoms. The number of nitrogens with zero attached hydrogens (tertiary/aromatic N) is 3. The van der Waals surface area contributed by atoms with Gasteiger partial charge in [-0.3, -0.25) is 0 Å². The van der Waals surface area contributed by atoms with Crippen LogP contribution in [-0.4, -0.2) is 65.0 Å². The maximum Gasteiger partial charge on any atom is 1.00 e. The van der Waals surface area contributed by atoms with Crippen molar-refractivity contribution in [3.05, 3.63) is 0 Å². The van der Waals surface area contributed by atoms with Crippen LogP contribution in [-0.2, 0) is 4.74 Å². The number of β-amino-alcohol motifs (C(OH)–C–C–N with tert-alkyl or cyclic N) is 1. The number of anilines is 1. The summed E-state index contributed by atoms with van der Waals surface area (Å²) in [6.07, 6.45) is -0.580. The van der Waals surface area contributed by atoms with Crippen molar-refractivity contribution in [1.29, 1.82) is 0 Å². The Morgan fingerprint density at radius 2 is 2.14 bits per heavy atom. The average Bonchev–Trinajstić information content (AvgIpc) is 2.91. The van der Waals surface area contributed by atoms with Gasteiger partial charge in [0.2, 0.25) is 5.82 Å². The Labute approximate surface area is 131 Å². The maximum atomic E-state index is 9.95. The molecule has 0 saturated carbocycles. The molecule has 1 aromatic heterocycles. The lowest BCUT2D eigenvalue weighted by molar-refractivity contribution is 0.0975. The molecule has 1 aliphatic rings. The van der Waals surface area contributed by atoms with Gasteiger partial charge in [-0.1, -0.05) is 0 Å². The third-order valence-corrected chi connectivity index (χ3v) is 3.54. The van der Waals surface area contributed by atoms with Crippen LogP contribution in [0.25, 0.3) is 0 Å². The number of morpholine rings is 1. The van der Waals surface area contributed by atoms with Crippen LogP contribution in [0.4, 0.5) is 5.82 Å². The van der Waals surface area contributed by atoms with Gasteiger partial charge in [-0.2, -0.15) is 4.37 Å². The van der Waals surface area contributed by atoms with Crippen LogP contribution in [0.2, 0.25) is 0 Å². The van der Waals surface area contributed by atoms with E-state index in [9.17, 15) is 5.11 Å². The molecule has 2 heterocycles. The Morgan fingerprint density at radius 1 is 1.43 bits per heavy atom. The Hall–Kier alpha value is -0.960. The van der Waals surface area contributed by atoms with Crippen LogP contribution in [0.3, 0.4) is 0 Å². The van der Waals surface area contributed by atoms with Gasteiger partial charge in [-0.05, 0) is 20.8 Å². The highest BCUT2D eigenvalue weighted by Crippen LogP contribution is 2.26. The van der Waals surface area contributed by atoms with Crippen LogP contribution in [0.5, 0.6) is 5.88 Å². The molecule has 120 valence electrons. The third-order valence-electron chi connectivity index (χ3n) is 3.03. The number of aliphatic hydroxyl groups is 1. The topological polar surface area (TPSA) is 79.7 Å². The number of rotatable bonds is 6. The van der Waals surface area contributed by atoms with Crippen LogP contribution in [0.1, 0.15) is 22.2 Å². The summed E-state index contributed by atoms with van der Waals surface area (Å²) >= 11 is 1.12. The average molecular weight is 317 g/mol. The van der Waals surface area contributed by atoms with Crippen LogP contribution < -0.4 is 15.0 Å². The summed E-state index contributed by atoms with van der Waals surface area (Å²) < 4.78 is 19.4. The van der Waals surface area contributed by atoms with E-state index in [-0.39, 0.29) is 13.6 Å². The first-order chi connectivity index (χ1) is 9.96. The van der Waals surface area contributed by atoms with Gasteiger partial charge < -0.3 is 24.8 Å². The molecule has 2 rings (SSSR count). The van der Waals surface area contributed by atoms with E-state index in [1.165, 1.54) is 0 Å². The van der Waals surface area contributed by atoms with E-state index in [1.807, 2.05) is 0 Å². The fourth-order valence-corrected chi connectivity index (χ4v) is 2.41. The molecule has 8 heteroatoms. The van der Waals surface area contributed by atoms with E-state index < -0.39 is 6.10 Å². The normalized spacial score (nSPS) is 17.8. The van der Waals surface area contributed by atoms with Crippen molar-refractivity contribution in [2.75, 3.05) is 44.4 Å². The summed E-state index contributed by atoms with van der Waals surface area (Å²) in [5.41, 5.74) is -0.0257. The molecule has 0 spiro atoms. The lowest BCUT2D eigenvalue weighted by atomic mass is 10.1. The fourth-order valence-electron chi connectivity index (χ4n) is 1.89. The summed E-state index contributed by atoms with van der Waals surface area (Å²) in [5, 5.41) is 13.2.